The quantitative estimate of drug-likeness (QED) is 0.414. The normalized spacial score (nSPS) is 11.2. The minimum Gasteiger partial charge on any atom is -0.361 e. The van der Waals surface area contributed by atoms with Gasteiger partial charge in [-0.3, -0.25) is 0 Å². The van der Waals surface area contributed by atoms with Gasteiger partial charge >= 0.3 is 6.03 Å². The summed E-state index contributed by atoms with van der Waals surface area (Å²) in [5.74, 6) is 0.500. The number of H-pyrrole nitrogens is 1. The van der Waals surface area contributed by atoms with Crippen LogP contribution >= 0.6 is 0 Å². The summed E-state index contributed by atoms with van der Waals surface area (Å²) >= 11 is 0. The number of hydrogen-bond acceptors (Lipinski definition) is 1. The minimum atomic E-state index is -0.252. The molecule has 0 radical (unpaired) electrons. The Hall–Kier alpha value is -3.27. The van der Waals surface area contributed by atoms with Crippen molar-refractivity contribution in [3.8, 4) is 0 Å². The molecule has 130 valence electrons. The van der Waals surface area contributed by atoms with Gasteiger partial charge in [-0.25, -0.2) is 4.79 Å². The summed E-state index contributed by atoms with van der Waals surface area (Å²) in [7, 11) is 0. The fourth-order valence-electron chi connectivity index (χ4n) is 3.13. The van der Waals surface area contributed by atoms with Crippen molar-refractivity contribution < 1.29 is 4.79 Å². The van der Waals surface area contributed by atoms with E-state index in [0.717, 1.165) is 27.7 Å². The third kappa shape index (κ3) is 3.26. The second-order valence-electron chi connectivity index (χ2n) is 6.83. The van der Waals surface area contributed by atoms with Gasteiger partial charge in [0.05, 0.1) is 0 Å². The van der Waals surface area contributed by atoms with Gasteiger partial charge in [-0.05, 0) is 58.7 Å². The fraction of sp³-hybridized carbons (Fsp3) is 0.136. The Morgan fingerprint density at radius 2 is 1.46 bits per heavy atom. The molecule has 0 spiro atoms. The lowest BCUT2D eigenvalue weighted by Gasteiger charge is -2.10. The van der Waals surface area contributed by atoms with Gasteiger partial charge < -0.3 is 15.6 Å². The second-order valence-corrected chi connectivity index (χ2v) is 6.83. The van der Waals surface area contributed by atoms with Crippen LogP contribution in [0, 0.1) is 0 Å². The van der Waals surface area contributed by atoms with Crippen molar-refractivity contribution in [3.05, 3.63) is 72.4 Å². The van der Waals surface area contributed by atoms with Gasteiger partial charge in [0.25, 0.3) is 0 Å². The molecule has 4 rings (SSSR count). The summed E-state index contributed by atoms with van der Waals surface area (Å²) in [5.41, 5.74) is 3.90. The van der Waals surface area contributed by atoms with E-state index in [1.165, 1.54) is 10.9 Å². The molecule has 0 fully saturated rings. The number of nitrogens with one attached hydrogen (secondary N) is 3. The van der Waals surface area contributed by atoms with Crippen molar-refractivity contribution in [2.24, 2.45) is 0 Å². The second kappa shape index (κ2) is 6.56. The average molecular weight is 343 g/mol. The van der Waals surface area contributed by atoms with E-state index in [1.54, 1.807) is 0 Å². The van der Waals surface area contributed by atoms with Gasteiger partial charge in [0.15, 0.2) is 0 Å². The van der Waals surface area contributed by atoms with Crippen molar-refractivity contribution in [2.45, 2.75) is 19.8 Å². The van der Waals surface area contributed by atoms with Gasteiger partial charge in [-0.2, -0.15) is 0 Å². The van der Waals surface area contributed by atoms with Gasteiger partial charge in [0.1, 0.15) is 0 Å². The molecule has 1 heterocycles. The Balaban J connectivity index is 1.50. The average Bonchev–Trinajstić information content (AvgIpc) is 3.08. The van der Waals surface area contributed by atoms with Crippen molar-refractivity contribution in [2.75, 3.05) is 10.6 Å². The number of aromatic amines is 1. The van der Waals surface area contributed by atoms with Gasteiger partial charge in [0, 0.05) is 28.5 Å². The summed E-state index contributed by atoms with van der Waals surface area (Å²) in [6.45, 7) is 4.37. The minimum absolute atomic E-state index is 0.252. The molecule has 4 aromatic rings. The maximum atomic E-state index is 12.3. The molecular formula is C22H21N3O. The topological polar surface area (TPSA) is 56.9 Å². The Kier molecular flexibility index (Phi) is 4.09. The highest BCUT2D eigenvalue weighted by molar-refractivity contribution is 6.02. The number of hydrogen-bond donors (Lipinski definition) is 3. The number of rotatable bonds is 3. The molecule has 0 saturated heterocycles. The highest BCUT2D eigenvalue weighted by atomic mass is 16.2. The maximum absolute atomic E-state index is 12.3. The smallest absolute Gasteiger partial charge is 0.323 e. The maximum Gasteiger partial charge on any atom is 0.323 e. The van der Waals surface area contributed by atoms with Crippen LogP contribution in [0.2, 0.25) is 0 Å². The number of benzene rings is 3. The predicted octanol–water partition coefficient (Wildman–Crippen LogP) is 6.09. The SMILES string of the molecule is CC(C)c1ccc2cc(NC(=O)Nc3ccc4[nH]ccc4c3)ccc2c1. The molecule has 0 saturated carbocycles. The summed E-state index contributed by atoms with van der Waals surface area (Å²) in [6, 6.07) is 19.9. The Labute approximate surface area is 152 Å². The van der Waals surface area contributed by atoms with E-state index in [0.29, 0.717) is 5.92 Å². The molecule has 1 aromatic heterocycles. The highest BCUT2D eigenvalue weighted by Crippen LogP contribution is 2.24. The van der Waals surface area contributed by atoms with Crippen molar-refractivity contribution in [1.82, 2.24) is 4.98 Å². The first-order valence-electron chi connectivity index (χ1n) is 8.77. The van der Waals surface area contributed by atoms with E-state index in [-0.39, 0.29) is 6.03 Å². The number of amides is 2. The molecule has 0 aliphatic carbocycles. The number of anilines is 2. The van der Waals surface area contributed by atoms with E-state index >= 15 is 0 Å². The van der Waals surface area contributed by atoms with Crippen molar-refractivity contribution >= 4 is 39.1 Å². The van der Waals surface area contributed by atoms with E-state index in [9.17, 15) is 4.79 Å². The summed E-state index contributed by atoms with van der Waals surface area (Å²) in [4.78, 5) is 15.4. The molecule has 3 N–H and O–H groups in total. The molecule has 4 nitrogen and oxygen atoms in total. The van der Waals surface area contributed by atoms with Crippen LogP contribution in [0.25, 0.3) is 21.7 Å². The van der Waals surface area contributed by atoms with E-state index < -0.39 is 0 Å². The summed E-state index contributed by atoms with van der Waals surface area (Å²) < 4.78 is 0. The zero-order valence-electron chi connectivity index (χ0n) is 14.8. The summed E-state index contributed by atoms with van der Waals surface area (Å²) in [5, 5.41) is 9.14. The first-order valence-corrected chi connectivity index (χ1v) is 8.77. The standard InChI is InChI=1S/C22H21N3O/c1-14(2)15-3-4-17-12-19(6-5-16(17)11-15)24-22(26)25-20-7-8-21-18(13-20)9-10-23-21/h3-14,23H,1-2H3,(H2,24,25,26). The molecule has 0 unspecified atom stereocenters. The van der Waals surface area contributed by atoms with Crippen LogP contribution in [0.1, 0.15) is 25.3 Å². The molecule has 4 heteroatoms. The number of urea groups is 1. The monoisotopic (exact) mass is 343 g/mol. The molecule has 0 aliphatic rings. The molecule has 2 amide bonds. The Bertz CT molecular complexity index is 1090. The van der Waals surface area contributed by atoms with Crippen LogP contribution in [0.15, 0.2) is 66.9 Å². The van der Waals surface area contributed by atoms with E-state index in [2.05, 4.69) is 47.7 Å². The first-order chi connectivity index (χ1) is 12.6. The van der Waals surface area contributed by atoms with Crippen LogP contribution in [-0.2, 0) is 0 Å². The lowest BCUT2D eigenvalue weighted by Crippen LogP contribution is -2.19. The number of carbonyl (C=O) groups excluding carboxylic acids is 1. The lowest BCUT2D eigenvalue weighted by atomic mass is 9.99. The number of fused-ring (bicyclic) bond motifs is 2. The zero-order chi connectivity index (χ0) is 18.1. The van der Waals surface area contributed by atoms with Crippen molar-refractivity contribution in [3.63, 3.8) is 0 Å². The van der Waals surface area contributed by atoms with Gasteiger partial charge in [0.2, 0.25) is 0 Å². The number of carbonyl (C=O) groups is 1. The first kappa shape index (κ1) is 16.2. The molecular weight excluding hydrogens is 322 g/mol. The van der Waals surface area contributed by atoms with Crippen LogP contribution in [0.5, 0.6) is 0 Å². The van der Waals surface area contributed by atoms with Crippen LogP contribution in [0.3, 0.4) is 0 Å². The third-order valence-corrected chi connectivity index (χ3v) is 4.60. The van der Waals surface area contributed by atoms with E-state index in [1.807, 2.05) is 48.7 Å². The fourth-order valence-corrected chi connectivity index (χ4v) is 3.13. The molecule has 26 heavy (non-hydrogen) atoms. The van der Waals surface area contributed by atoms with Crippen LogP contribution in [0.4, 0.5) is 16.2 Å². The van der Waals surface area contributed by atoms with Crippen LogP contribution in [-0.4, -0.2) is 11.0 Å². The van der Waals surface area contributed by atoms with Gasteiger partial charge in [-0.1, -0.05) is 38.1 Å². The lowest BCUT2D eigenvalue weighted by molar-refractivity contribution is 0.262. The van der Waals surface area contributed by atoms with Gasteiger partial charge in [-0.15, -0.1) is 0 Å². The number of aromatic nitrogens is 1. The molecule has 0 bridgehead atoms. The Morgan fingerprint density at radius 1 is 0.808 bits per heavy atom. The molecule has 3 aromatic carbocycles. The summed E-state index contributed by atoms with van der Waals surface area (Å²) in [6.07, 6.45) is 1.88. The van der Waals surface area contributed by atoms with Crippen molar-refractivity contribution in [1.29, 1.82) is 0 Å². The van der Waals surface area contributed by atoms with E-state index in [4.69, 9.17) is 0 Å². The Morgan fingerprint density at radius 3 is 2.23 bits per heavy atom. The predicted molar refractivity (Wildman–Crippen MR) is 109 cm³/mol. The largest absolute Gasteiger partial charge is 0.361 e. The highest BCUT2D eigenvalue weighted by Gasteiger charge is 2.06. The third-order valence-electron chi connectivity index (χ3n) is 4.60. The molecule has 0 aliphatic heterocycles. The molecule has 0 atom stereocenters. The van der Waals surface area contributed by atoms with Crippen LogP contribution < -0.4 is 10.6 Å². The zero-order valence-corrected chi connectivity index (χ0v) is 14.8.